The highest BCUT2D eigenvalue weighted by molar-refractivity contribution is 8.16. The first kappa shape index (κ1) is 17.6. The molecule has 1 atom stereocenters. The molecule has 2 aromatic carbocycles. The number of hydrogen-bond donors (Lipinski definition) is 1. The SMILES string of the molecule is O=C1SC(Nc2cc(C(F)(F)F)ccc2Cl)C(=O)N1c1ccccc1. The zero-order valence-corrected chi connectivity index (χ0v) is 14.0. The van der Waals surface area contributed by atoms with Crippen molar-refractivity contribution in [3.8, 4) is 0 Å². The number of benzene rings is 2. The third kappa shape index (κ3) is 3.59. The van der Waals surface area contributed by atoms with E-state index in [0.29, 0.717) is 17.4 Å². The Morgan fingerprint density at radius 2 is 1.76 bits per heavy atom. The molecule has 4 nitrogen and oxygen atoms in total. The van der Waals surface area contributed by atoms with Gasteiger partial charge < -0.3 is 5.32 Å². The van der Waals surface area contributed by atoms with Gasteiger partial charge in [0.15, 0.2) is 5.37 Å². The van der Waals surface area contributed by atoms with Gasteiger partial charge in [-0.25, -0.2) is 4.90 Å². The maximum absolute atomic E-state index is 12.8. The quantitative estimate of drug-likeness (QED) is 0.806. The van der Waals surface area contributed by atoms with Crippen molar-refractivity contribution in [3.05, 3.63) is 59.1 Å². The van der Waals surface area contributed by atoms with Gasteiger partial charge in [0.2, 0.25) is 0 Å². The molecule has 3 rings (SSSR count). The number of alkyl halides is 3. The van der Waals surface area contributed by atoms with Gasteiger partial charge >= 0.3 is 6.18 Å². The molecule has 25 heavy (non-hydrogen) atoms. The average molecular weight is 387 g/mol. The van der Waals surface area contributed by atoms with Crippen LogP contribution in [-0.2, 0) is 11.0 Å². The van der Waals surface area contributed by atoms with E-state index in [2.05, 4.69) is 5.32 Å². The molecule has 1 N–H and O–H groups in total. The van der Waals surface area contributed by atoms with Crippen LogP contribution >= 0.6 is 23.4 Å². The Morgan fingerprint density at radius 3 is 2.40 bits per heavy atom. The number of nitrogens with zero attached hydrogens (tertiary/aromatic N) is 1. The fourth-order valence-electron chi connectivity index (χ4n) is 2.27. The molecule has 1 aliphatic heterocycles. The van der Waals surface area contributed by atoms with Crippen molar-refractivity contribution in [1.29, 1.82) is 0 Å². The molecule has 1 heterocycles. The molecule has 9 heteroatoms. The van der Waals surface area contributed by atoms with Crippen LogP contribution in [0.25, 0.3) is 0 Å². The van der Waals surface area contributed by atoms with Crippen LogP contribution in [0.5, 0.6) is 0 Å². The van der Waals surface area contributed by atoms with Crippen molar-refractivity contribution < 1.29 is 22.8 Å². The fraction of sp³-hybridized carbons (Fsp3) is 0.125. The maximum Gasteiger partial charge on any atom is 0.416 e. The molecule has 0 spiro atoms. The summed E-state index contributed by atoms with van der Waals surface area (Å²) >= 11 is 6.59. The average Bonchev–Trinajstić information content (AvgIpc) is 2.83. The number of thioether (sulfide) groups is 1. The first-order valence-electron chi connectivity index (χ1n) is 7.00. The summed E-state index contributed by atoms with van der Waals surface area (Å²) in [6.45, 7) is 0. The minimum absolute atomic E-state index is 0.0204. The topological polar surface area (TPSA) is 49.4 Å². The van der Waals surface area contributed by atoms with E-state index in [1.807, 2.05) is 0 Å². The highest BCUT2D eigenvalue weighted by atomic mass is 35.5. The number of rotatable bonds is 3. The highest BCUT2D eigenvalue weighted by Gasteiger charge is 2.41. The number of carbonyl (C=O) groups excluding carboxylic acids is 2. The van der Waals surface area contributed by atoms with Crippen molar-refractivity contribution in [2.75, 3.05) is 10.2 Å². The van der Waals surface area contributed by atoms with Gasteiger partial charge in [0.1, 0.15) is 0 Å². The van der Waals surface area contributed by atoms with Gasteiger partial charge in [0.05, 0.1) is 22.0 Å². The molecule has 2 amide bonds. The Morgan fingerprint density at radius 1 is 1.08 bits per heavy atom. The molecule has 0 bridgehead atoms. The molecule has 1 saturated heterocycles. The van der Waals surface area contributed by atoms with Gasteiger partial charge in [-0.2, -0.15) is 13.2 Å². The smallest absolute Gasteiger partial charge is 0.364 e. The summed E-state index contributed by atoms with van der Waals surface area (Å²) in [5.41, 5.74) is -0.574. The number of para-hydroxylation sites is 1. The largest absolute Gasteiger partial charge is 0.416 e. The Bertz CT molecular complexity index is 830. The summed E-state index contributed by atoms with van der Waals surface area (Å²) in [6, 6.07) is 11.0. The van der Waals surface area contributed by atoms with E-state index < -0.39 is 28.3 Å². The van der Waals surface area contributed by atoms with E-state index in [-0.39, 0.29) is 10.7 Å². The predicted molar refractivity (Wildman–Crippen MR) is 90.8 cm³/mol. The summed E-state index contributed by atoms with van der Waals surface area (Å²) in [6.07, 6.45) is -4.54. The van der Waals surface area contributed by atoms with Gasteiger partial charge in [0.25, 0.3) is 11.1 Å². The lowest BCUT2D eigenvalue weighted by molar-refractivity contribution is -0.137. The van der Waals surface area contributed by atoms with Crippen LogP contribution in [0.3, 0.4) is 0 Å². The molecule has 130 valence electrons. The van der Waals surface area contributed by atoms with Crippen molar-refractivity contribution >= 4 is 45.9 Å². The summed E-state index contributed by atoms with van der Waals surface area (Å²) < 4.78 is 38.5. The van der Waals surface area contributed by atoms with Crippen LogP contribution in [0.15, 0.2) is 48.5 Å². The monoisotopic (exact) mass is 386 g/mol. The van der Waals surface area contributed by atoms with Gasteiger partial charge in [-0.1, -0.05) is 29.8 Å². The minimum Gasteiger partial charge on any atom is -0.364 e. The summed E-state index contributed by atoms with van der Waals surface area (Å²) in [5.74, 6) is -0.574. The van der Waals surface area contributed by atoms with Crippen molar-refractivity contribution in [1.82, 2.24) is 0 Å². The molecule has 0 aliphatic carbocycles. The van der Waals surface area contributed by atoms with E-state index in [9.17, 15) is 22.8 Å². The Hall–Kier alpha value is -2.19. The van der Waals surface area contributed by atoms with Crippen LogP contribution in [0.4, 0.5) is 29.3 Å². The molecule has 1 unspecified atom stereocenters. The number of halogens is 4. The highest BCUT2D eigenvalue weighted by Crippen LogP contribution is 2.37. The Kier molecular flexibility index (Phi) is 4.66. The lowest BCUT2D eigenvalue weighted by Crippen LogP contribution is -2.34. The van der Waals surface area contributed by atoms with E-state index >= 15 is 0 Å². The van der Waals surface area contributed by atoms with Crippen molar-refractivity contribution in [2.24, 2.45) is 0 Å². The van der Waals surface area contributed by atoms with Gasteiger partial charge in [-0.05, 0) is 42.1 Å². The normalized spacial score (nSPS) is 17.9. The summed E-state index contributed by atoms with van der Waals surface area (Å²) in [4.78, 5) is 25.6. The second-order valence-electron chi connectivity index (χ2n) is 5.11. The maximum atomic E-state index is 12.8. The van der Waals surface area contributed by atoms with Gasteiger partial charge in [-0.15, -0.1) is 0 Å². The molecule has 0 aromatic heterocycles. The second-order valence-corrected chi connectivity index (χ2v) is 6.57. The van der Waals surface area contributed by atoms with E-state index in [4.69, 9.17) is 11.6 Å². The molecular weight excluding hydrogens is 377 g/mol. The Labute approximate surface area is 149 Å². The van der Waals surface area contributed by atoms with Crippen molar-refractivity contribution in [2.45, 2.75) is 11.6 Å². The van der Waals surface area contributed by atoms with E-state index in [1.54, 1.807) is 30.3 Å². The molecule has 1 fully saturated rings. The van der Waals surface area contributed by atoms with E-state index in [1.165, 1.54) is 0 Å². The third-order valence-corrected chi connectivity index (χ3v) is 4.71. The Balaban J connectivity index is 1.85. The molecule has 2 aromatic rings. The van der Waals surface area contributed by atoms with Crippen LogP contribution in [0.2, 0.25) is 5.02 Å². The van der Waals surface area contributed by atoms with Crippen LogP contribution in [0, 0.1) is 0 Å². The number of carbonyl (C=O) groups is 2. The molecule has 1 aliphatic rings. The van der Waals surface area contributed by atoms with Crippen LogP contribution < -0.4 is 10.2 Å². The van der Waals surface area contributed by atoms with Crippen molar-refractivity contribution in [3.63, 3.8) is 0 Å². The van der Waals surface area contributed by atoms with Gasteiger partial charge in [-0.3, -0.25) is 9.59 Å². The number of nitrogens with one attached hydrogen (secondary N) is 1. The number of amides is 2. The predicted octanol–water partition coefficient (Wildman–Crippen LogP) is 5.00. The minimum atomic E-state index is -4.54. The zero-order chi connectivity index (χ0) is 18.2. The third-order valence-electron chi connectivity index (χ3n) is 3.44. The number of hydrogen-bond acceptors (Lipinski definition) is 4. The van der Waals surface area contributed by atoms with E-state index in [0.717, 1.165) is 23.1 Å². The standard InChI is InChI=1S/C16H10ClF3N2O2S/c17-11-7-6-9(16(18,19)20)8-12(11)21-13-14(23)22(15(24)25-13)10-4-2-1-3-5-10/h1-8,13,21H. The van der Waals surface area contributed by atoms with Crippen LogP contribution in [0.1, 0.15) is 5.56 Å². The lowest BCUT2D eigenvalue weighted by Gasteiger charge is -2.16. The second kappa shape index (κ2) is 6.61. The number of imide groups is 1. The lowest BCUT2D eigenvalue weighted by atomic mass is 10.2. The molecule has 0 radical (unpaired) electrons. The first-order chi connectivity index (χ1) is 11.8. The zero-order valence-electron chi connectivity index (χ0n) is 12.4. The molecule has 0 saturated carbocycles. The summed E-state index contributed by atoms with van der Waals surface area (Å²) in [7, 11) is 0. The molecular formula is C16H10ClF3N2O2S. The van der Waals surface area contributed by atoms with Crippen LogP contribution in [-0.4, -0.2) is 16.5 Å². The van der Waals surface area contributed by atoms with Gasteiger partial charge in [0, 0.05) is 0 Å². The fourth-order valence-corrected chi connectivity index (χ4v) is 3.33. The number of anilines is 2. The summed E-state index contributed by atoms with van der Waals surface area (Å²) in [5, 5.41) is 1.06. The first-order valence-corrected chi connectivity index (χ1v) is 8.26.